The minimum absolute atomic E-state index is 0.202. The van der Waals surface area contributed by atoms with Crippen molar-refractivity contribution in [1.82, 2.24) is 0 Å². The van der Waals surface area contributed by atoms with Crippen molar-refractivity contribution in [3.63, 3.8) is 0 Å². The summed E-state index contributed by atoms with van der Waals surface area (Å²) < 4.78 is 10.5. The van der Waals surface area contributed by atoms with Crippen molar-refractivity contribution in [3.8, 4) is 11.5 Å². The SMILES string of the molecule is CCCC(CC)CC(=O)c1ccc2c(c1)OCO2. The van der Waals surface area contributed by atoms with Gasteiger partial charge in [-0.1, -0.05) is 33.1 Å². The lowest BCUT2D eigenvalue weighted by molar-refractivity contribution is 0.0957. The zero-order valence-corrected chi connectivity index (χ0v) is 11.1. The molecular formula is C15H20O3. The predicted octanol–water partition coefficient (Wildman–Crippen LogP) is 3.81. The summed E-state index contributed by atoms with van der Waals surface area (Å²) in [7, 11) is 0. The largest absolute Gasteiger partial charge is 0.454 e. The number of Topliss-reactive ketones (excluding diaryl/α,β-unsaturated/α-hetero) is 1. The molecule has 0 N–H and O–H groups in total. The van der Waals surface area contributed by atoms with E-state index in [4.69, 9.17) is 9.47 Å². The van der Waals surface area contributed by atoms with E-state index >= 15 is 0 Å². The standard InChI is InChI=1S/C15H20O3/c1-3-5-11(4-2)8-13(16)12-6-7-14-15(9-12)18-10-17-14/h6-7,9,11H,3-5,8,10H2,1-2H3. The Bertz CT molecular complexity index is 426. The van der Waals surface area contributed by atoms with Gasteiger partial charge in [-0.3, -0.25) is 4.79 Å². The fourth-order valence-corrected chi connectivity index (χ4v) is 2.31. The van der Waals surface area contributed by atoms with Crippen molar-refractivity contribution in [2.75, 3.05) is 6.79 Å². The van der Waals surface area contributed by atoms with Crippen LogP contribution in [-0.2, 0) is 0 Å². The van der Waals surface area contributed by atoms with E-state index in [-0.39, 0.29) is 12.6 Å². The van der Waals surface area contributed by atoms with Gasteiger partial charge in [0.2, 0.25) is 6.79 Å². The molecule has 1 unspecified atom stereocenters. The van der Waals surface area contributed by atoms with Crippen LogP contribution in [0.15, 0.2) is 18.2 Å². The number of carbonyl (C=O) groups excluding carboxylic acids is 1. The quantitative estimate of drug-likeness (QED) is 0.718. The van der Waals surface area contributed by atoms with Crippen LogP contribution in [-0.4, -0.2) is 12.6 Å². The van der Waals surface area contributed by atoms with Gasteiger partial charge in [0.1, 0.15) is 0 Å². The molecule has 3 heteroatoms. The molecular weight excluding hydrogens is 228 g/mol. The minimum Gasteiger partial charge on any atom is -0.454 e. The molecule has 0 amide bonds. The zero-order valence-electron chi connectivity index (χ0n) is 11.1. The molecule has 0 bridgehead atoms. The third-order valence-corrected chi connectivity index (χ3v) is 3.44. The van der Waals surface area contributed by atoms with E-state index in [9.17, 15) is 4.79 Å². The van der Waals surface area contributed by atoms with Crippen molar-refractivity contribution in [3.05, 3.63) is 23.8 Å². The van der Waals surface area contributed by atoms with Crippen molar-refractivity contribution < 1.29 is 14.3 Å². The lowest BCUT2D eigenvalue weighted by Gasteiger charge is -2.12. The van der Waals surface area contributed by atoms with Crippen LogP contribution in [0.25, 0.3) is 0 Å². The molecule has 1 aliphatic rings. The van der Waals surface area contributed by atoms with Gasteiger partial charge in [0.25, 0.3) is 0 Å². The second-order valence-electron chi connectivity index (χ2n) is 4.76. The Morgan fingerprint density at radius 1 is 1.28 bits per heavy atom. The molecule has 1 aromatic carbocycles. The molecule has 1 aliphatic heterocycles. The Labute approximate surface area is 108 Å². The normalized spacial score (nSPS) is 14.6. The second kappa shape index (κ2) is 5.89. The highest BCUT2D eigenvalue weighted by molar-refractivity contribution is 5.96. The number of rotatable bonds is 6. The molecule has 3 nitrogen and oxygen atoms in total. The second-order valence-corrected chi connectivity index (χ2v) is 4.76. The summed E-state index contributed by atoms with van der Waals surface area (Å²) in [5, 5.41) is 0. The molecule has 0 aromatic heterocycles. The van der Waals surface area contributed by atoms with Crippen LogP contribution in [0.5, 0.6) is 11.5 Å². The Morgan fingerprint density at radius 2 is 2.06 bits per heavy atom. The maximum atomic E-state index is 12.2. The molecule has 1 aromatic rings. The summed E-state index contributed by atoms with van der Waals surface area (Å²) in [5.74, 6) is 2.11. The average molecular weight is 248 g/mol. The summed E-state index contributed by atoms with van der Waals surface area (Å²) in [6, 6.07) is 5.44. The van der Waals surface area contributed by atoms with Gasteiger partial charge in [-0.15, -0.1) is 0 Å². The molecule has 0 aliphatic carbocycles. The number of hydrogen-bond donors (Lipinski definition) is 0. The summed E-state index contributed by atoms with van der Waals surface area (Å²) in [6.45, 7) is 4.56. The average Bonchev–Trinajstić information content (AvgIpc) is 2.85. The third-order valence-electron chi connectivity index (χ3n) is 3.44. The van der Waals surface area contributed by atoms with Crippen LogP contribution in [0, 0.1) is 5.92 Å². The highest BCUT2D eigenvalue weighted by Crippen LogP contribution is 2.33. The van der Waals surface area contributed by atoms with Crippen molar-refractivity contribution in [2.45, 2.75) is 39.5 Å². The van der Waals surface area contributed by atoms with Crippen molar-refractivity contribution >= 4 is 5.78 Å². The molecule has 18 heavy (non-hydrogen) atoms. The van der Waals surface area contributed by atoms with Gasteiger partial charge in [0, 0.05) is 12.0 Å². The van der Waals surface area contributed by atoms with Crippen LogP contribution in [0.2, 0.25) is 0 Å². The highest BCUT2D eigenvalue weighted by Gasteiger charge is 2.18. The number of ether oxygens (including phenoxy) is 2. The molecule has 2 rings (SSSR count). The summed E-state index contributed by atoms with van der Waals surface area (Å²) in [6.07, 6.45) is 3.94. The van der Waals surface area contributed by atoms with Crippen LogP contribution >= 0.6 is 0 Å². The van der Waals surface area contributed by atoms with Crippen LogP contribution in [0.1, 0.15) is 49.9 Å². The first-order valence-electron chi connectivity index (χ1n) is 6.67. The van der Waals surface area contributed by atoms with E-state index in [1.54, 1.807) is 6.07 Å². The van der Waals surface area contributed by atoms with E-state index in [1.165, 1.54) is 0 Å². The Kier molecular flexibility index (Phi) is 4.24. The fraction of sp³-hybridized carbons (Fsp3) is 0.533. The van der Waals surface area contributed by atoms with E-state index in [2.05, 4.69) is 13.8 Å². The molecule has 1 atom stereocenters. The lowest BCUT2D eigenvalue weighted by atomic mass is 9.92. The molecule has 0 fully saturated rings. The predicted molar refractivity (Wildman–Crippen MR) is 70.2 cm³/mol. The van der Waals surface area contributed by atoms with Gasteiger partial charge < -0.3 is 9.47 Å². The first-order chi connectivity index (χ1) is 8.74. The molecule has 0 saturated carbocycles. The van der Waals surface area contributed by atoms with Gasteiger partial charge in [0.15, 0.2) is 17.3 Å². The number of ketones is 1. The van der Waals surface area contributed by atoms with E-state index in [0.29, 0.717) is 18.1 Å². The number of benzene rings is 1. The highest BCUT2D eigenvalue weighted by atomic mass is 16.7. The third kappa shape index (κ3) is 2.84. The lowest BCUT2D eigenvalue weighted by Crippen LogP contribution is -2.08. The van der Waals surface area contributed by atoms with E-state index in [0.717, 1.165) is 30.6 Å². The fourth-order valence-electron chi connectivity index (χ4n) is 2.31. The summed E-state index contributed by atoms with van der Waals surface area (Å²) in [4.78, 5) is 12.2. The number of fused-ring (bicyclic) bond motifs is 1. The molecule has 98 valence electrons. The van der Waals surface area contributed by atoms with Crippen LogP contribution in [0.4, 0.5) is 0 Å². The number of carbonyl (C=O) groups is 1. The summed E-state index contributed by atoms with van der Waals surface area (Å²) >= 11 is 0. The van der Waals surface area contributed by atoms with Gasteiger partial charge in [-0.05, 0) is 24.1 Å². The Hall–Kier alpha value is -1.51. The number of hydrogen-bond acceptors (Lipinski definition) is 3. The molecule has 1 heterocycles. The van der Waals surface area contributed by atoms with Crippen LogP contribution < -0.4 is 9.47 Å². The smallest absolute Gasteiger partial charge is 0.231 e. The van der Waals surface area contributed by atoms with E-state index in [1.807, 2.05) is 12.1 Å². The van der Waals surface area contributed by atoms with Crippen LogP contribution in [0.3, 0.4) is 0 Å². The summed E-state index contributed by atoms with van der Waals surface area (Å²) in [5.41, 5.74) is 0.730. The van der Waals surface area contributed by atoms with Crippen molar-refractivity contribution in [2.24, 2.45) is 5.92 Å². The Balaban J connectivity index is 2.04. The van der Waals surface area contributed by atoms with Gasteiger partial charge in [-0.25, -0.2) is 0 Å². The Morgan fingerprint density at radius 3 is 2.78 bits per heavy atom. The maximum absolute atomic E-state index is 12.2. The molecule has 0 spiro atoms. The minimum atomic E-state index is 0.202. The maximum Gasteiger partial charge on any atom is 0.231 e. The molecule has 0 saturated heterocycles. The first kappa shape index (κ1) is 12.9. The monoisotopic (exact) mass is 248 g/mol. The van der Waals surface area contributed by atoms with E-state index < -0.39 is 0 Å². The first-order valence-corrected chi connectivity index (χ1v) is 6.67. The van der Waals surface area contributed by atoms with Gasteiger partial charge >= 0.3 is 0 Å². The van der Waals surface area contributed by atoms with Gasteiger partial charge in [-0.2, -0.15) is 0 Å². The van der Waals surface area contributed by atoms with Gasteiger partial charge in [0.05, 0.1) is 0 Å². The molecule has 0 radical (unpaired) electrons. The topological polar surface area (TPSA) is 35.5 Å². The zero-order chi connectivity index (χ0) is 13.0. The van der Waals surface area contributed by atoms with Crippen molar-refractivity contribution in [1.29, 1.82) is 0 Å².